The lowest BCUT2D eigenvalue weighted by atomic mass is 9.92. The van der Waals surface area contributed by atoms with E-state index < -0.39 is 0 Å². The first-order chi connectivity index (χ1) is 17.0. The summed E-state index contributed by atoms with van der Waals surface area (Å²) >= 11 is 6.28. The van der Waals surface area contributed by atoms with Crippen LogP contribution >= 0.6 is 11.6 Å². The van der Waals surface area contributed by atoms with E-state index in [1.807, 2.05) is 54.3 Å². The van der Waals surface area contributed by atoms with Gasteiger partial charge in [0, 0.05) is 53.4 Å². The van der Waals surface area contributed by atoms with Crippen LogP contribution in [0.1, 0.15) is 46.6 Å². The van der Waals surface area contributed by atoms with Crippen LogP contribution in [0.3, 0.4) is 0 Å². The molecule has 0 spiro atoms. The molecule has 0 radical (unpaired) electrons. The number of nitrogens with zero attached hydrogens (tertiary/aromatic N) is 3. The molecular weight excluding hydrogens is 464 g/mol. The van der Waals surface area contributed by atoms with Crippen LogP contribution in [0.25, 0.3) is 10.9 Å². The maximum Gasteiger partial charge on any atom is 0.410 e. The number of amides is 2. The van der Waals surface area contributed by atoms with Gasteiger partial charge in [0.1, 0.15) is 6.04 Å². The van der Waals surface area contributed by atoms with Gasteiger partial charge in [-0.05, 0) is 74.8 Å². The molecule has 0 bridgehead atoms. The van der Waals surface area contributed by atoms with E-state index in [1.165, 1.54) is 5.56 Å². The Kier molecular flexibility index (Phi) is 6.71. The molecular formula is C27H31ClN4O3. The summed E-state index contributed by atoms with van der Waals surface area (Å²) in [5.74, 6) is 0.0543. The second-order valence-corrected chi connectivity index (χ2v) is 9.76. The smallest absolute Gasteiger partial charge is 0.410 e. The molecule has 2 amide bonds. The van der Waals surface area contributed by atoms with Crippen molar-refractivity contribution < 1.29 is 14.3 Å². The number of fused-ring (bicyclic) bond motifs is 3. The number of H-pyrrole nitrogens is 1. The van der Waals surface area contributed by atoms with E-state index in [-0.39, 0.29) is 18.0 Å². The van der Waals surface area contributed by atoms with Crippen LogP contribution in [0.4, 0.5) is 4.79 Å². The molecule has 1 fully saturated rings. The fourth-order valence-electron chi connectivity index (χ4n) is 5.25. The van der Waals surface area contributed by atoms with Crippen LogP contribution in [0.15, 0.2) is 42.5 Å². The van der Waals surface area contributed by atoms with Gasteiger partial charge in [0.05, 0.1) is 6.61 Å². The van der Waals surface area contributed by atoms with E-state index in [1.54, 1.807) is 4.90 Å². The number of aromatic amines is 1. The lowest BCUT2D eigenvalue weighted by Crippen LogP contribution is -2.41. The number of carbonyl (C=O) groups excluding carboxylic acids is 2. The Balaban J connectivity index is 1.49. The minimum atomic E-state index is -0.339. The monoisotopic (exact) mass is 494 g/mol. The van der Waals surface area contributed by atoms with Gasteiger partial charge in [0.25, 0.3) is 5.91 Å². The Morgan fingerprint density at radius 1 is 1.06 bits per heavy atom. The van der Waals surface area contributed by atoms with Gasteiger partial charge in [-0.1, -0.05) is 23.7 Å². The predicted molar refractivity (Wildman–Crippen MR) is 137 cm³/mol. The summed E-state index contributed by atoms with van der Waals surface area (Å²) in [4.78, 5) is 35.6. The van der Waals surface area contributed by atoms with Crippen LogP contribution in [0.5, 0.6) is 0 Å². The zero-order valence-electron chi connectivity index (χ0n) is 20.2. The number of hydrogen-bond acceptors (Lipinski definition) is 4. The molecule has 3 heterocycles. The summed E-state index contributed by atoms with van der Waals surface area (Å²) in [6.07, 6.45) is 1.35. The maximum atomic E-state index is 13.2. The lowest BCUT2D eigenvalue weighted by Gasteiger charge is -2.35. The van der Waals surface area contributed by atoms with Gasteiger partial charge in [-0.15, -0.1) is 0 Å². The molecule has 8 heteroatoms. The Labute approximate surface area is 210 Å². The average molecular weight is 495 g/mol. The lowest BCUT2D eigenvalue weighted by molar-refractivity contribution is 0.0762. The molecule has 1 unspecified atom stereocenters. The first kappa shape index (κ1) is 23.7. The summed E-state index contributed by atoms with van der Waals surface area (Å²) in [5.41, 5.74) is 4.73. The van der Waals surface area contributed by atoms with E-state index >= 15 is 0 Å². The Bertz CT molecular complexity index is 1240. The van der Waals surface area contributed by atoms with Crippen molar-refractivity contribution in [2.24, 2.45) is 0 Å². The number of benzene rings is 2. The molecule has 1 N–H and O–H groups in total. The predicted octanol–water partition coefficient (Wildman–Crippen LogP) is 4.70. The molecule has 5 rings (SSSR count). The van der Waals surface area contributed by atoms with Crippen molar-refractivity contribution in [3.8, 4) is 0 Å². The van der Waals surface area contributed by atoms with Crippen molar-refractivity contribution in [2.75, 3.05) is 46.4 Å². The van der Waals surface area contributed by atoms with E-state index in [0.29, 0.717) is 30.2 Å². The van der Waals surface area contributed by atoms with Gasteiger partial charge in [-0.3, -0.25) is 9.69 Å². The highest BCUT2D eigenvalue weighted by atomic mass is 35.5. The SMILES string of the molecule is CCOC(=O)N1CCc2c([nH]c3ccc(Cl)cc23)C1c1ccc(C(=O)N2CCCN(C)CC2)cc1. The third-order valence-electron chi connectivity index (χ3n) is 7.07. The fraction of sp³-hybridized carbons (Fsp3) is 0.407. The third-order valence-corrected chi connectivity index (χ3v) is 7.31. The van der Waals surface area contributed by atoms with Gasteiger partial charge in [0.15, 0.2) is 0 Å². The molecule has 184 valence electrons. The van der Waals surface area contributed by atoms with Gasteiger partial charge in [0.2, 0.25) is 0 Å². The van der Waals surface area contributed by atoms with E-state index in [2.05, 4.69) is 16.9 Å². The molecule has 2 aliphatic heterocycles. The minimum absolute atomic E-state index is 0.0543. The Morgan fingerprint density at radius 2 is 1.86 bits per heavy atom. The summed E-state index contributed by atoms with van der Waals surface area (Å²) in [6, 6.07) is 13.2. The van der Waals surface area contributed by atoms with Crippen LogP contribution in [0, 0.1) is 0 Å². The van der Waals surface area contributed by atoms with E-state index in [4.69, 9.17) is 16.3 Å². The van der Waals surface area contributed by atoms with Gasteiger partial charge in [-0.25, -0.2) is 4.79 Å². The van der Waals surface area contributed by atoms with Crippen LogP contribution in [0.2, 0.25) is 5.02 Å². The molecule has 1 aromatic heterocycles. The summed E-state index contributed by atoms with van der Waals surface area (Å²) in [6.45, 7) is 6.06. The van der Waals surface area contributed by atoms with Crippen molar-refractivity contribution >= 4 is 34.5 Å². The molecule has 0 aliphatic carbocycles. The van der Waals surface area contributed by atoms with Crippen molar-refractivity contribution in [1.29, 1.82) is 0 Å². The fourth-order valence-corrected chi connectivity index (χ4v) is 5.42. The number of hydrogen-bond donors (Lipinski definition) is 1. The van der Waals surface area contributed by atoms with Crippen LogP contribution in [-0.4, -0.2) is 78.1 Å². The Hall–Kier alpha value is -3.03. The number of likely N-dealkylation sites (N-methyl/N-ethyl adjacent to an activating group) is 1. The number of carbonyl (C=O) groups is 2. The van der Waals surface area contributed by atoms with Crippen molar-refractivity contribution in [1.82, 2.24) is 19.7 Å². The van der Waals surface area contributed by atoms with E-state index in [9.17, 15) is 9.59 Å². The average Bonchev–Trinajstić information content (AvgIpc) is 3.08. The van der Waals surface area contributed by atoms with Crippen molar-refractivity contribution in [3.05, 3.63) is 69.9 Å². The first-order valence-electron chi connectivity index (χ1n) is 12.3. The second kappa shape index (κ2) is 9.91. The molecule has 1 saturated heterocycles. The van der Waals surface area contributed by atoms with Gasteiger partial charge < -0.3 is 19.5 Å². The summed E-state index contributed by atoms with van der Waals surface area (Å²) < 4.78 is 5.39. The first-order valence-corrected chi connectivity index (χ1v) is 12.6. The highest BCUT2D eigenvalue weighted by Gasteiger charge is 2.35. The summed E-state index contributed by atoms with van der Waals surface area (Å²) in [5, 5.41) is 1.77. The van der Waals surface area contributed by atoms with Gasteiger partial charge >= 0.3 is 6.09 Å². The number of rotatable bonds is 3. The normalized spacial score (nSPS) is 18.9. The standard InChI is InChI=1S/C27H31ClN4O3/c1-3-35-27(34)32-14-11-21-22-17-20(28)9-10-23(22)29-24(21)25(32)18-5-7-19(8-6-18)26(33)31-13-4-12-30(2)15-16-31/h5-10,17,25,29H,3-4,11-16H2,1-2H3. The second-order valence-electron chi connectivity index (χ2n) is 9.32. The molecule has 35 heavy (non-hydrogen) atoms. The summed E-state index contributed by atoms with van der Waals surface area (Å²) in [7, 11) is 2.09. The molecule has 0 saturated carbocycles. The number of nitrogens with one attached hydrogen (secondary N) is 1. The quantitative estimate of drug-likeness (QED) is 0.573. The van der Waals surface area contributed by atoms with E-state index in [0.717, 1.165) is 54.8 Å². The Morgan fingerprint density at radius 3 is 2.63 bits per heavy atom. The van der Waals surface area contributed by atoms with Crippen LogP contribution < -0.4 is 0 Å². The highest BCUT2D eigenvalue weighted by Crippen LogP contribution is 2.39. The van der Waals surface area contributed by atoms with Crippen LogP contribution in [-0.2, 0) is 11.2 Å². The van der Waals surface area contributed by atoms with Gasteiger partial charge in [-0.2, -0.15) is 0 Å². The van der Waals surface area contributed by atoms with Crippen molar-refractivity contribution in [3.63, 3.8) is 0 Å². The topological polar surface area (TPSA) is 68.9 Å². The molecule has 3 aromatic rings. The molecule has 2 aliphatic rings. The zero-order valence-corrected chi connectivity index (χ0v) is 21.0. The zero-order chi connectivity index (χ0) is 24.5. The minimum Gasteiger partial charge on any atom is -0.450 e. The third kappa shape index (κ3) is 4.62. The molecule has 2 aromatic carbocycles. The number of aromatic nitrogens is 1. The number of halogens is 1. The highest BCUT2D eigenvalue weighted by molar-refractivity contribution is 6.31. The maximum absolute atomic E-state index is 13.2. The largest absolute Gasteiger partial charge is 0.450 e. The van der Waals surface area contributed by atoms with Crippen molar-refractivity contribution in [2.45, 2.75) is 25.8 Å². The number of ether oxygens (including phenoxy) is 1. The molecule has 1 atom stereocenters. The molecule has 7 nitrogen and oxygen atoms in total.